The predicted octanol–water partition coefficient (Wildman–Crippen LogP) is 5.38. The summed E-state index contributed by atoms with van der Waals surface area (Å²) in [4.78, 5) is 23.2. The summed E-state index contributed by atoms with van der Waals surface area (Å²) in [6, 6.07) is 0.405. The number of nitrogens with one attached hydrogen (secondary N) is 1. The van der Waals surface area contributed by atoms with Gasteiger partial charge in [-0.1, -0.05) is 78.1 Å². The van der Waals surface area contributed by atoms with Crippen molar-refractivity contribution in [2.24, 2.45) is 0 Å². The van der Waals surface area contributed by atoms with Crippen LogP contribution in [0.3, 0.4) is 0 Å². The number of imidazole rings is 1. The first-order valence-corrected chi connectivity index (χ1v) is 10.2. The molecule has 0 fully saturated rings. The Hall–Kier alpha value is -1.65. The van der Waals surface area contributed by atoms with Crippen LogP contribution in [0.15, 0.2) is 17.4 Å². The van der Waals surface area contributed by atoms with E-state index >= 15 is 0 Å². The third kappa shape index (κ3) is 5.98. The molecular weight excluding hydrogens is 312 g/mol. The van der Waals surface area contributed by atoms with Crippen LogP contribution in [-0.2, 0) is 0 Å². The molecule has 0 bridgehead atoms. The first kappa shape index (κ1) is 19.7. The molecule has 2 aromatic heterocycles. The minimum absolute atomic E-state index is 0.145. The smallest absolute Gasteiger partial charge is 0.278 e. The topological polar surface area (TPSA) is 63.6 Å². The summed E-state index contributed by atoms with van der Waals surface area (Å²) in [6.45, 7) is 4.50. The molecule has 0 aliphatic carbocycles. The van der Waals surface area contributed by atoms with Crippen LogP contribution in [0.25, 0.3) is 11.2 Å². The number of aromatic amines is 1. The van der Waals surface area contributed by atoms with Gasteiger partial charge in [0.2, 0.25) is 0 Å². The van der Waals surface area contributed by atoms with Gasteiger partial charge in [0.15, 0.2) is 11.2 Å². The molecule has 0 saturated carbocycles. The highest BCUT2D eigenvalue weighted by Gasteiger charge is 2.16. The number of aromatic nitrogens is 4. The van der Waals surface area contributed by atoms with Gasteiger partial charge in [-0.2, -0.15) is 0 Å². The minimum atomic E-state index is -0.145. The monoisotopic (exact) mass is 346 g/mol. The largest absolute Gasteiger partial charge is 0.312 e. The Balaban J connectivity index is 2.01. The third-order valence-corrected chi connectivity index (χ3v) is 5.04. The Kier molecular flexibility index (Phi) is 8.70. The number of H-pyrrole nitrogens is 1. The molecule has 0 saturated heterocycles. The number of fused-ring (bicyclic) bond motifs is 1. The Labute approximate surface area is 151 Å². The highest BCUT2D eigenvalue weighted by molar-refractivity contribution is 5.68. The van der Waals surface area contributed by atoms with Gasteiger partial charge >= 0.3 is 0 Å². The van der Waals surface area contributed by atoms with Crippen molar-refractivity contribution in [2.45, 2.75) is 96.9 Å². The Morgan fingerprint density at radius 2 is 1.52 bits per heavy atom. The van der Waals surface area contributed by atoms with Crippen molar-refractivity contribution in [3.8, 4) is 0 Å². The van der Waals surface area contributed by atoms with Gasteiger partial charge in [0, 0.05) is 6.04 Å². The quantitative estimate of drug-likeness (QED) is 0.495. The molecule has 0 aromatic carbocycles. The average molecular weight is 347 g/mol. The molecule has 2 aromatic rings. The highest BCUT2D eigenvalue weighted by atomic mass is 16.1. The molecule has 0 radical (unpaired) electrons. The van der Waals surface area contributed by atoms with Crippen LogP contribution in [-0.4, -0.2) is 19.5 Å². The van der Waals surface area contributed by atoms with Crippen molar-refractivity contribution in [1.82, 2.24) is 19.5 Å². The zero-order valence-corrected chi connectivity index (χ0v) is 16.0. The summed E-state index contributed by atoms with van der Waals surface area (Å²) in [7, 11) is 0. The van der Waals surface area contributed by atoms with E-state index in [1.165, 1.54) is 70.5 Å². The Morgan fingerprint density at radius 3 is 2.12 bits per heavy atom. The average Bonchev–Trinajstić information content (AvgIpc) is 3.05. The van der Waals surface area contributed by atoms with Crippen LogP contribution in [0, 0.1) is 0 Å². The second kappa shape index (κ2) is 11.1. The van der Waals surface area contributed by atoms with Crippen LogP contribution >= 0.6 is 0 Å². The number of nitrogens with zero attached hydrogens (tertiary/aromatic N) is 3. The van der Waals surface area contributed by atoms with Gasteiger partial charge in [-0.05, 0) is 12.8 Å². The fourth-order valence-corrected chi connectivity index (χ4v) is 3.52. The molecule has 0 aliphatic heterocycles. The summed E-state index contributed by atoms with van der Waals surface area (Å²) in [5.74, 6) is 0. The number of unbranched alkanes of at least 4 members (excludes halogenated alkanes) is 8. The lowest BCUT2D eigenvalue weighted by Crippen LogP contribution is -2.12. The number of hydrogen-bond donors (Lipinski definition) is 1. The standard InChI is InChI=1S/C20H34N4O/c1-3-5-7-9-11-13-17(14-12-10-8-6-4-2)24-16-23-18-19(24)21-15-22-20(18)25/h15-17H,3-14H2,1-2H3,(H,21,22,25). The van der Waals surface area contributed by atoms with Crippen molar-refractivity contribution in [1.29, 1.82) is 0 Å². The van der Waals surface area contributed by atoms with E-state index in [0.29, 0.717) is 11.6 Å². The summed E-state index contributed by atoms with van der Waals surface area (Å²) in [5, 5.41) is 0. The summed E-state index contributed by atoms with van der Waals surface area (Å²) in [5.41, 5.74) is 1.05. The number of rotatable bonds is 13. The van der Waals surface area contributed by atoms with Crippen molar-refractivity contribution in [2.75, 3.05) is 0 Å². The van der Waals surface area contributed by atoms with Crippen molar-refractivity contribution < 1.29 is 0 Å². The number of hydrogen-bond acceptors (Lipinski definition) is 3. The van der Waals surface area contributed by atoms with Crippen molar-refractivity contribution >= 4 is 11.2 Å². The van der Waals surface area contributed by atoms with Gasteiger partial charge < -0.3 is 9.55 Å². The molecule has 2 heterocycles. The van der Waals surface area contributed by atoms with Gasteiger partial charge in [-0.25, -0.2) is 9.97 Å². The maximum absolute atomic E-state index is 11.9. The van der Waals surface area contributed by atoms with E-state index in [9.17, 15) is 4.79 Å². The normalized spacial score (nSPS) is 11.6. The third-order valence-electron chi connectivity index (χ3n) is 5.04. The SMILES string of the molecule is CCCCCCCC(CCCCCCC)n1cnc2c(=O)[nH]cnc21. The second-order valence-electron chi connectivity index (χ2n) is 7.12. The summed E-state index contributed by atoms with van der Waals surface area (Å²) >= 11 is 0. The molecule has 0 spiro atoms. The molecule has 5 nitrogen and oxygen atoms in total. The zero-order valence-electron chi connectivity index (χ0n) is 16.0. The molecule has 1 N–H and O–H groups in total. The molecule has 0 amide bonds. The maximum atomic E-state index is 11.9. The van der Waals surface area contributed by atoms with Gasteiger partial charge in [0.05, 0.1) is 12.7 Å². The van der Waals surface area contributed by atoms with Crippen LogP contribution in [0.4, 0.5) is 0 Å². The van der Waals surface area contributed by atoms with Crippen molar-refractivity contribution in [3.05, 3.63) is 23.0 Å². The lowest BCUT2D eigenvalue weighted by Gasteiger charge is -2.19. The van der Waals surface area contributed by atoms with Gasteiger partial charge in [0.25, 0.3) is 5.56 Å². The lowest BCUT2D eigenvalue weighted by molar-refractivity contribution is 0.400. The van der Waals surface area contributed by atoms with Gasteiger partial charge in [-0.3, -0.25) is 4.79 Å². The van der Waals surface area contributed by atoms with Crippen LogP contribution in [0.1, 0.15) is 96.9 Å². The van der Waals surface area contributed by atoms with Crippen LogP contribution < -0.4 is 5.56 Å². The molecule has 140 valence electrons. The second-order valence-corrected chi connectivity index (χ2v) is 7.12. The minimum Gasteiger partial charge on any atom is -0.312 e. The van der Waals surface area contributed by atoms with Crippen LogP contribution in [0.2, 0.25) is 0 Å². The Bertz CT molecular complexity index is 647. The fraction of sp³-hybridized carbons (Fsp3) is 0.750. The Morgan fingerprint density at radius 1 is 0.920 bits per heavy atom. The molecule has 0 aliphatic rings. The van der Waals surface area contributed by atoms with Crippen molar-refractivity contribution in [3.63, 3.8) is 0 Å². The molecule has 0 atom stereocenters. The van der Waals surface area contributed by atoms with Gasteiger partial charge in [0.1, 0.15) is 0 Å². The first-order chi connectivity index (χ1) is 12.3. The molecule has 0 unspecified atom stereocenters. The van der Waals surface area contributed by atoms with E-state index in [1.807, 2.05) is 6.33 Å². The van der Waals surface area contributed by atoms with Gasteiger partial charge in [-0.15, -0.1) is 0 Å². The van der Waals surface area contributed by atoms with E-state index in [4.69, 9.17) is 0 Å². The van der Waals surface area contributed by atoms with E-state index in [-0.39, 0.29) is 5.56 Å². The summed E-state index contributed by atoms with van der Waals surface area (Å²) < 4.78 is 2.14. The van der Waals surface area contributed by atoms with E-state index in [1.54, 1.807) is 0 Å². The van der Waals surface area contributed by atoms with E-state index < -0.39 is 0 Å². The van der Waals surface area contributed by atoms with E-state index in [2.05, 4.69) is 33.4 Å². The molecule has 5 heteroatoms. The zero-order chi connectivity index (χ0) is 17.9. The van der Waals surface area contributed by atoms with E-state index in [0.717, 1.165) is 18.5 Å². The molecule has 25 heavy (non-hydrogen) atoms. The maximum Gasteiger partial charge on any atom is 0.278 e. The fourth-order valence-electron chi connectivity index (χ4n) is 3.52. The predicted molar refractivity (Wildman–Crippen MR) is 104 cm³/mol. The summed E-state index contributed by atoms with van der Waals surface area (Å²) in [6.07, 6.45) is 18.5. The van der Waals surface area contributed by atoms with Crippen LogP contribution in [0.5, 0.6) is 0 Å². The highest BCUT2D eigenvalue weighted by Crippen LogP contribution is 2.25. The first-order valence-electron chi connectivity index (χ1n) is 10.2. The lowest BCUT2D eigenvalue weighted by atomic mass is 10.00. The molecular formula is C20H34N4O. The molecule has 2 rings (SSSR count).